The van der Waals surface area contributed by atoms with Crippen molar-refractivity contribution >= 4 is 5.97 Å². The third-order valence-electron chi connectivity index (χ3n) is 3.52. The number of esters is 1. The number of hydrogen-bond acceptors (Lipinski definition) is 2. The molecule has 1 aromatic carbocycles. The van der Waals surface area contributed by atoms with Crippen molar-refractivity contribution in [3.8, 4) is 0 Å². The Morgan fingerprint density at radius 2 is 2.24 bits per heavy atom. The van der Waals surface area contributed by atoms with E-state index in [-0.39, 0.29) is 6.42 Å². The normalized spacial score (nSPS) is 26.7. The van der Waals surface area contributed by atoms with Crippen molar-refractivity contribution < 1.29 is 13.9 Å². The summed E-state index contributed by atoms with van der Waals surface area (Å²) in [5, 5.41) is 0. The minimum Gasteiger partial charge on any atom is -0.466 e. The summed E-state index contributed by atoms with van der Waals surface area (Å²) in [5.41, 5.74) is 1.11. The topological polar surface area (TPSA) is 26.3 Å². The van der Waals surface area contributed by atoms with E-state index in [1.807, 2.05) is 26.0 Å². The molecule has 17 heavy (non-hydrogen) atoms. The maximum absolute atomic E-state index is 14.6. The molecule has 2 atom stereocenters. The SMILES string of the molecule is CCOC(=O)[C@H]1C[C@]1(F)c1cccc(C)c1C. The summed E-state index contributed by atoms with van der Waals surface area (Å²) in [5.74, 6) is -1.04. The predicted molar refractivity (Wildman–Crippen MR) is 63.4 cm³/mol. The highest BCUT2D eigenvalue weighted by Gasteiger charge is 2.62. The first-order chi connectivity index (χ1) is 8.00. The highest BCUT2D eigenvalue weighted by Crippen LogP contribution is 2.57. The zero-order valence-electron chi connectivity index (χ0n) is 10.4. The van der Waals surface area contributed by atoms with Gasteiger partial charge in [0.15, 0.2) is 5.67 Å². The first kappa shape index (κ1) is 12.1. The summed E-state index contributed by atoms with van der Waals surface area (Å²) >= 11 is 0. The van der Waals surface area contributed by atoms with E-state index in [0.29, 0.717) is 12.2 Å². The Hall–Kier alpha value is -1.38. The minimum atomic E-state index is -1.51. The van der Waals surface area contributed by atoms with Crippen LogP contribution in [-0.4, -0.2) is 12.6 Å². The smallest absolute Gasteiger partial charge is 0.312 e. The third kappa shape index (κ3) is 1.94. The first-order valence-corrected chi connectivity index (χ1v) is 5.93. The lowest BCUT2D eigenvalue weighted by molar-refractivity contribution is -0.145. The fourth-order valence-electron chi connectivity index (χ4n) is 2.25. The molecular weight excluding hydrogens is 219 g/mol. The second-order valence-electron chi connectivity index (χ2n) is 4.62. The van der Waals surface area contributed by atoms with Gasteiger partial charge in [-0.2, -0.15) is 0 Å². The molecule has 0 saturated heterocycles. The van der Waals surface area contributed by atoms with Gasteiger partial charge in [-0.1, -0.05) is 18.2 Å². The van der Waals surface area contributed by atoms with Crippen LogP contribution in [0.2, 0.25) is 0 Å². The van der Waals surface area contributed by atoms with E-state index in [1.54, 1.807) is 13.0 Å². The third-order valence-corrected chi connectivity index (χ3v) is 3.52. The second kappa shape index (κ2) is 4.13. The molecule has 0 radical (unpaired) electrons. The van der Waals surface area contributed by atoms with Crippen LogP contribution in [0.4, 0.5) is 4.39 Å². The van der Waals surface area contributed by atoms with E-state index in [2.05, 4.69) is 0 Å². The summed E-state index contributed by atoms with van der Waals surface area (Å²) in [7, 11) is 0. The van der Waals surface area contributed by atoms with Crippen LogP contribution < -0.4 is 0 Å². The number of ether oxygens (including phenoxy) is 1. The Morgan fingerprint density at radius 3 is 2.88 bits per heavy atom. The molecule has 0 amide bonds. The molecule has 2 rings (SSSR count). The number of benzene rings is 1. The van der Waals surface area contributed by atoms with Crippen molar-refractivity contribution in [1.82, 2.24) is 0 Å². The summed E-state index contributed by atoms with van der Waals surface area (Å²) in [4.78, 5) is 11.5. The van der Waals surface area contributed by atoms with Gasteiger partial charge < -0.3 is 4.74 Å². The lowest BCUT2D eigenvalue weighted by atomic mass is 9.97. The number of halogens is 1. The lowest BCUT2D eigenvalue weighted by Crippen LogP contribution is -2.14. The summed E-state index contributed by atoms with van der Waals surface area (Å²) in [6.07, 6.45) is 0.246. The maximum Gasteiger partial charge on any atom is 0.312 e. The number of carbonyl (C=O) groups is 1. The molecular formula is C14H17FO2. The van der Waals surface area contributed by atoms with Crippen LogP contribution in [0.5, 0.6) is 0 Å². The molecule has 1 aromatic rings. The molecule has 1 aliphatic carbocycles. The van der Waals surface area contributed by atoms with Crippen molar-refractivity contribution in [3.05, 3.63) is 34.9 Å². The average molecular weight is 236 g/mol. The van der Waals surface area contributed by atoms with Crippen LogP contribution in [0.3, 0.4) is 0 Å². The number of aryl methyl sites for hydroxylation is 1. The van der Waals surface area contributed by atoms with Gasteiger partial charge in [0.1, 0.15) is 0 Å². The van der Waals surface area contributed by atoms with Gasteiger partial charge in [0, 0.05) is 6.42 Å². The van der Waals surface area contributed by atoms with Gasteiger partial charge in [-0.25, -0.2) is 4.39 Å². The highest BCUT2D eigenvalue weighted by atomic mass is 19.1. The van der Waals surface area contributed by atoms with Gasteiger partial charge in [0.25, 0.3) is 0 Å². The van der Waals surface area contributed by atoms with E-state index < -0.39 is 17.6 Å². The largest absolute Gasteiger partial charge is 0.466 e. The molecule has 1 aliphatic rings. The van der Waals surface area contributed by atoms with E-state index in [1.165, 1.54) is 0 Å². The molecule has 0 aromatic heterocycles. The molecule has 0 spiro atoms. The number of rotatable bonds is 3. The van der Waals surface area contributed by atoms with E-state index >= 15 is 0 Å². The quantitative estimate of drug-likeness (QED) is 0.754. The van der Waals surface area contributed by atoms with Crippen molar-refractivity contribution in [3.63, 3.8) is 0 Å². The van der Waals surface area contributed by atoms with Crippen molar-refractivity contribution in [1.29, 1.82) is 0 Å². The highest BCUT2D eigenvalue weighted by molar-refractivity contribution is 5.78. The Morgan fingerprint density at radius 1 is 1.53 bits per heavy atom. The summed E-state index contributed by atoms with van der Waals surface area (Å²) in [6, 6.07) is 5.55. The fraction of sp³-hybridized carbons (Fsp3) is 0.500. The predicted octanol–water partition coefficient (Wildman–Crippen LogP) is 3.05. The summed E-state index contributed by atoms with van der Waals surface area (Å²) in [6.45, 7) is 5.88. The fourth-order valence-corrected chi connectivity index (χ4v) is 2.25. The van der Waals surface area contributed by atoms with Gasteiger partial charge >= 0.3 is 5.97 Å². The zero-order valence-corrected chi connectivity index (χ0v) is 10.4. The second-order valence-corrected chi connectivity index (χ2v) is 4.62. The van der Waals surface area contributed by atoms with Crippen LogP contribution in [0.1, 0.15) is 30.0 Å². The molecule has 1 saturated carbocycles. The van der Waals surface area contributed by atoms with Gasteiger partial charge in [0.05, 0.1) is 12.5 Å². The molecule has 1 fully saturated rings. The molecule has 0 aliphatic heterocycles. The van der Waals surface area contributed by atoms with Gasteiger partial charge in [-0.15, -0.1) is 0 Å². The van der Waals surface area contributed by atoms with Crippen molar-refractivity contribution in [2.75, 3.05) is 6.61 Å². The van der Waals surface area contributed by atoms with E-state index in [4.69, 9.17) is 4.74 Å². The van der Waals surface area contributed by atoms with Crippen molar-refractivity contribution in [2.24, 2.45) is 5.92 Å². The number of hydrogen-bond donors (Lipinski definition) is 0. The van der Waals surface area contributed by atoms with E-state index in [0.717, 1.165) is 11.1 Å². The Bertz CT molecular complexity index is 456. The van der Waals surface area contributed by atoms with Gasteiger partial charge in [0.2, 0.25) is 0 Å². The molecule has 2 nitrogen and oxygen atoms in total. The van der Waals surface area contributed by atoms with Crippen LogP contribution in [-0.2, 0) is 15.2 Å². The number of alkyl halides is 1. The Kier molecular flexibility index (Phi) is 2.94. The molecule has 3 heteroatoms. The molecule has 0 heterocycles. The van der Waals surface area contributed by atoms with Gasteiger partial charge in [-0.3, -0.25) is 4.79 Å². The Labute approximate surface area is 101 Å². The minimum absolute atomic E-state index is 0.246. The van der Waals surface area contributed by atoms with E-state index in [9.17, 15) is 9.18 Å². The van der Waals surface area contributed by atoms with Crippen LogP contribution >= 0.6 is 0 Å². The molecule has 0 bridgehead atoms. The maximum atomic E-state index is 14.6. The summed E-state index contributed by atoms with van der Waals surface area (Å²) < 4.78 is 19.5. The first-order valence-electron chi connectivity index (χ1n) is 5.93. The zero-order chi connectivity index (χ0) is 12.6. The van der Waals surface area contributed by atoms with Gasteiger partial charge in [-0.05, 0) is 37.5 Å². The molecule has 92 valence electrons. The van der Waals surface area contributed by atoms with Crippen LogP contribution in [0.25, 0.3) is 0 Å². The monoisotopic (exact) mass is 236 g/mol. The van der Waals surface area contributed by atoms with Crippen LogP contribution in [0.15, 0.2) is 18.2 Å². The molecule has 0 N–H and O–H groups in total. The standard InChI is InChI=1S/C14H17FO2/c1-4-17-13(16)12-8-14(12,15)11-7-5-6-9(2)10(11)3/h5-7,12H,4,8H2,1-3H3/t12-,14+/m1/s1. The molecule has 0 unspecified atom stereocenters. The lowest BCUT2D eigenvalue weighted by Gasteiger charge is -2.13. The number of carbonyl (C=O) groups excluding carboxylic acids is 1. The Balaban J connectivity index is 2.25. The average Bonchev–Trinajstić information content (AvgIpc) is 2.96. The van der Waals surface area contributed by atoms with Crippen molar-refractivity contribution in [2.45, 2.75) is 32.9 Å². The van der Waals surface area contributed by atoms with Crippen LogP contribution in [0, 0.1) is 19.8 Å².